The van der Waals surface area contributed by atoms with Gasteiger partial charge < -0.3 is 10.4 Å². The lowest BCUT2D eigenvalue weighted by atomic mass is 10.3. The monoisotopic (exact) mass is 300 g/mol. The summed E-state index contributed by atoms with van der Waals surface area (Å²) < 4.78 is 26.8. The first-order chi connectivity index (χ1) is 9.45. The third-order valence-electron chi connectivity index (χ3n) is 2.94. The van der Waals surface area contributed by atoms with Crippen molar-refractivity contribution in [1.82, 2.24) is 4.31 Å². The minimum Gasteiger partial charge on any atom is -0.395 e. The third-order valence-corrected chi connectivity index (χ3v) is 5.07. The first-order valence-electron chi connectivity index (χ1n) is 6.90. The van der Waals surface area contributed by atoms with Crippen LogP contribution in [0.25, 0.3) is 0 Å². The smallest absolute Gasteiger partial charge is 0.245 e. The molecule has 1 aromatic carbocycles. The average molecular weight is 300 g/mol. The molecule has 2 N–H and O–H groups in total. The number of nitrogens with one attached hydrogen (secondary N) is 1. The number of aliphatic hydroxyl groups is 1. The topological polar surface area (TPSA) is 69.6 Å². The minimum absolute atomic E-state index is 0.0993. The Balaban J connectivity index is 3.19. The van der Waals surface area contributed by atoms with E-state index in [0.717, 1.165) is 6.42 Å². The first kappa shape index (κ1) is 16.9. The normalized spacial score (nSPS) is 12.1. The van der Waals surface area contributed by atoms with Gasteiger partial charge in [-0.25, -0.2) is 8.42 Å². The predicted molar refractivity (Wildman–Crippen MR) is 81.3 cm³/mol. The van der Waals surface area contributed by atoms with Crippen molar-refractivity contribution < 1.29 is 13.5 Å². The Kier molecular flexibility index (Phi) is 6.45. The molecular weight excluding hydrogens is 276 g/mol. The van der Waals surface area contributed by atoms with Crippen LogP contribution in [0.1, 0.15) is 27.2 Å². The third kappa shape index (κ3) is 3.94. The minimum atomic E-state index is -3.61. The van der Waals surface area contributed by atoms with E-state index in [1.165, 1.54) is 4.31 Å². The molecule has 0 saturated heterocycles. The van der Waals surface area contributed by atoms with Crippen molar-refractivity contribution in [3.8, 4) is 0 Å². The second-order valence-electron chi connectivity index (χ2n) is 4.86. The van der Waals surface area contributed by atoms with Crippen LogP contribution in [0.2, 0.25) is 0 Å². The van der Waals surface area contributed by atoms with Crippen LogP contribution in [0.3, 0.4) is 0 Å². The summed E-state index contributed by atoms with van der Waals surface area (Å²) in [5.74, 6) is 0. The van der Waals surface area contributed by atoms with Gasteiger partial charge in [0.1, 0.15) is 4.90 Å². The summed E-state index contributed by atoms with van der Waals surface area (Å²) >= 11 is 0. The maximum Gasteiger partial charge on any atom is 0.245 e. The summed E-state index contributed by atoms with van der Waals surface area (Å²) in [6, 6.07) is 6.68. The molecule has 0 bridgehead atoms. The Morgan fingerprint density at radius 2 is 1.95 bits per heavy atom. The Hall–Kier alpha value is -1.11. The molecule has 0 aromatic heterocycles. The standard InChI is InChI=1S/C14H24N2O3S/c1-4-9-15-13-7-5-6-8-14(13)20(18,19)16(10-11-17)12(2)3/h5-8,12,15,17H,4,9-11H2,1-3H3. The Morgan fingerprint density at radius 3 is 2.50 bits per heavy atom. The molecule has 0 amide bonds. The Bertz CT molecular complexity index is 515. The van der Waals surface area contributed by atoms with Crippen LogP contribution in [0, 0.1) is 0 Å². The van der Waals surface area contributed by atoms with Crippen molar-refractivity contribution in [3.63, 3.8) is 0 Å². The fraction of sp³-hybridized carbons (Fsp3) is 0.571. The zero-order chi connectivity index (χ0) is 15.2. The molecule has 1 aromatic rings. The van der Waals surface area contributed by atoms with Gasteiger partial charge in [-0.1, -0.05) is 19.1 Å². The van der Waals surface area contributed by atoms with Gasteiger partial charge in [0.2, 0.25) is 10.0 Å². The van der Waals surface area contributed by atoms with Gasteiger partial charge in [0.05, 0.1) is 12.3 Å². The van der Waals surface area contributed by atoms with E-state index in [2.05, 4.69) is 5.32 Å². The summed E-state index contributed by atoms with van der Waals surface area (Å²) in [4.78, 5) is 0.260. The number of hydrogen-bond donors (Lipinski definition) is 2. The molecule has 0 aliphatic heterocycles. The number of sulfonamides is 1. The molecule has 0 atom stereocenters. The molecule has 0 radical (unpaired) electrons. The molecule has 0 fully saturated rings. The summed E-state index contributed by atoms with van der Waals surface area (Å²) in [6.45, 7) is 6.25. The van der Waals surface area contributed by atoms with Gasteiger partial charge in [0.25, 0.3) is 0 Å². The van der Waals surface area contributed by atoms with Crippen LogP contribution in [0.15, 0.2) is 29.2 Å². The van der Waals surface area contributed by atoms with E-state index in [1.807, 2.05) is 13.0 Å². The molecule has 6 heteroatoms. The van der Waals surface area contributed by atoms with Crippen molar-refractivity contribution in [2.75, 3.05) is 25.0 Å². The van der Waals surface area contributed by atoms with E-state index in [4.69, 9.17) is 5.11 Å². The maximum absolute atomic E-state index is 12.7. The van der Waals surface area contributed by atoms with E-state index < -0.39 is 10.0 Å². The largest absolute Gasteiger partial charge is 0.395 e. The lowest BCUT2D eigenvalue weighted by Gasteiger charge is -2.26. The molecule has 0 aliphatic carbocycles. The number of para-hydroxylation sites is 1. The second-order valence-corrected chi connectivity index (χ2v) is 6.72. The SMILES string of the molecule is CCCNc1ccccc1S(=O)(=O)N(CCO)C(C)C. The lowest BCUT2D eigenvalue weighted by molar-refractivity contribution is 0.236. The van der Waals surface area contributed by atoms with E-state index >= 15 is 0 Å². The molecule has 1 rings (SSSR count). The maximum atomic E-state index is 12.7. The molecule has 5 nitrogen and oxygen atoms in total. The van der Waals surface area contributed by atoms with Crippen molar-refractivity contribution >= 4 is 15.7 Å². The predicted octanol–water partition coefficient (Wildman–Crippen LogP) is 1.90. The van der Waals surface area contributed by atoms with E-state index in [-0.39, 0.29) is 24.1 Å². The average Bonchev–Trinajstić information content (AvgIpc) is 2.42. The van der Waals surface area contributed by atoms with Gasteiger partial charge >= 0.3 is 0 Å². The van der Waals surface area contributed by atoms with E-state index in [1.54, 1.807) is 32.0 Å². The first-order valence-corrected chi connectivity index (χ1v) is 8.34. The number of benzene rings is 1. The molecule has 0 unspecified atom stereocenters. The van der Waals surface area contributed by atoms with Crippen molar-refractivity contribution in [2.24, 2.45) is 0 Å². The molecule has 20 heavy (non-hydrogen) atoms. The molecular formula is C14H24N2O3S. The molecule has 0 saturated carbocycles. The molecule has 114 valence electrons. The fourth-order valence-electron chi connectivity index (χ4n) is 1.98. The van der Waals surface area contributed by atoms with Crippen LogP contribution < -0.4 is 5.32 Å². The van der Waals surface area contributed by atoms with Gasteiger partial charge in [-0.15, -0.1) is 0 Å². The summed E-state index contributed by atoms with van der Waals surface area (Å²) in [5.41, 5.74) is 0.609. The highest BCUT2D eigenvalue weighted by Gasteiger charge is 2.28. The van der Waals surface area contributed by atoms with Crippen LogP contribution >= 0.6 is 0 Å². The number of anilines is 1. The molecule has 0 aliphatic rings. The van der Waals surface area contributed by atoms with Crippen LogP contribution in [0.5, 0.6) is 0 Å². The van der Waals surface area contributed by atoms with Gasteiger partial charge in [0.15, 0.2) is 0 Å². The fourth-order valence-corrected chi connectivity index (χ4v) is 3.78. The summed E-state index contributed by atoms with van der Waals surface area (Å²) in [6.07, 6.45) is 0.916. The van der Waals surface area contributed by atoms with E-state index in [0.29, 0.717) is 12.2 Å². The van der Waals surface area contributed by atoms with Gasteiger partial charge in [-0.2, -0.15) is 4.31 Å². The molecule has 0 spiro atoms. The highest BCUT2D eigenvalue weighted by atomic mass is 32.2. The highest BCUT2D eigenvalue weighted by molar-refractivity contribution is 7.89. The second kappa shape index (κ2) is 7.61. The van der Waals surface area contributed by atoms with Gasteiger partial charge in [-0.3, -0.25) is 0 Å². The quantitative estimate of drug-likeness (QED) is 0.769. The number of aliphatic hydroxyl groups excluding tert-OH is 1. The zero-order valence-corrected chi connectivity index (χ0v) is 13.2. The summed E-state index contributed by atoms with van der Waals surface area (Å²) in [7, 11) is -3.61. The Labute approximate surface area is 121 Å². The number of nitrogens with zero attached hydrogens (tertiary/aromatic N) is 1. The van der Waals surface area contributed by atoms with Gasteiger partial charge in [-0.05, 0) is 32.4 Å². The Morgan fingerprint density at radius 1 is 1.30 bits per heavy atom. The zero-order valence-electron chi connectivity index (χ0n) is 12.3. The molecule has 0 heterocycles. The van der Waals surface area contributed by atoms with Crippen molar-refractivity contribution in [1.29, 1.82) is 0 Å². The van der Waals surface area contributed by atoms with Crippen molar-refractivity contribution in [3.05, 3.63) is 24.3 Å². The lowest BCUT2D eigenvalue weighted by Crippen LogP contribution is -2.39. The number of rotatable bonds is 8. The van der Waals surface area contributed by atoms with Crippen LogP contribution in [-0.2, 0) is 10.0 Å². The van der Waals surface area contributed by atoms with Crippen LogP contribution in [0.4, 0.5) is 5.69 Å². The summed E-state index contributed by atoms with van der Waals surface area (Å²) in [5, 5.41) is 12.2. The highest BCUT2D eigenvalue weighted by Crippen LogP contribution is 2.25. The number of hydrogen-bond acceptors (Lipinski definition) is 4. The van der Waals surface area contributed by atoms with Crippen molar-refractivity contribution in [2.45, 2.75) is 38.1 Å². The van der Waals surface area contributed by atoms with Crippen LogP contribution in [-0.4, -0.2) is 43.6 Å². The van der Waals surface area contributed by atoms with Gasteiger partial charge in [0, 0.05) is 19.1 Å². The van der Waals surface area contributed by atoms with E-state index in [9.17, 15) is 8.42 Å².